The van der Waals surface area contributed by atoms with Crippen molar-refractivity contribution in [2.45, 2.75) is 13.8 Å². The normalized spacial score (nSPS) is 9.50. The fourth-order valence-corrected chi connectivity index (χ4v) is 0.937. The van der Waals surface area contributed by atoms with Crippen molar-refractivity contribution < 1.29 is 9.90 Å². The van der Waals surface area contributed by atoms with Crippen molar-refractivity contribution in [2.24, 2.45) is 0 Å². The van der Waals surface area contributed by atoms with Gasteiger partial charge in [0.25, 0.3) is 0 Å². The quantitative estimate of drug-likeness (QED) is 0.622. The molecule has 0 saturated carbocycles. The van der Waals surface area contributed by atoms with Gasteiger partial charge in [-0.05, 0) is 24.6 Å². The molecule has 12 heavy (non-hydrogen) atoms. The summed E-state index contributed by atoms with van der Waals surface area (Å²) >= 11 is 0. The number of aromatic hydroxyl groups is 1. The maximum absolute atomic E-state index is 10.6. The standard InChI is InChI=1S/C9H11NO2/c1-6-3-4-8(9(12)5-6)10-7(2)11/h3-5,12H,1-2H3,(H,10,11). The number of anilines is 1. The number of benzene rings is 1. The van der Waals surface area contributed by atoms with Crippen molar-refractivity contribution in [3.8, 4) is 5.75 Å². The van der Waals surface area contributed by atoms with E-state index < -0.39 is 0 Å². The molecule has 1 aromatic rings. The lowest BCUT2D eigenvalue weighted by Crippen LogP contribution is -2.05. The molecule has 0 aliphatic heterocycles. The topological polar surface area (TPSA) is 49.3 Å². The molecule has 0 radical (unpaired) electrons. The Bertz CT molecular complexity index is 307. The Morgan fingerprint density at radius 3 is 2.67 bits per heavy atom. The van der Waals surface area contributed by atoms with Gasteiger partial charge in [0.15, 0.2) is 0 Å². The predicted octanol–water partition coefficient (Wildman–Crippen LogP) is 1.66. The molecule has 0 aliphatic rings. The van der Waals surface area contributed by atoms with Gasteiger partial charge in [-0.1, -0.05) is 6.07 Å². The van der Waals surface area contributed by atoms with E-state index in [2.05, 4.69) is 5.32 Å². The van der Waals surface area contributed by atoms with Crippen LogP contribution in [0, 0.1) is 6.92 Å². The summed E-state index contributed by atoms with van der Waals surface area (Å²) < 4.78 is 0. The number of carbonyl (C=O) groups excluding carboxylic acids is 1. The summed E-state index contributed by atoms with van der Waals surface area (Å²) in [5.41, 5.74) is 1.41. The molecule has 0 spiro atoms. The molecule has 1 amide bonds. The Morgan fingerprint density at radius 2 is 2.17 bits per heavy atom. The molecule has 1 aromatic carbocycles. The molecule has 0 saturated heterocycles. The maximum Gasteiger partial charge on any atom is 0.221 e. The lowest BCUT2D eigenvalue weighted by molar-refractivity contribution is -0.114. The zero-order valence-electron chi connectivity index (χ0n) is 7.09. The van der Waals surface area contributed by atoms with Crippen LogP contribution < -0.4 is 5.32 Å². The Morgan fingerprint density at radius 1 is 1.50 bits per heavy atom. The van der Waals surface area contributed by atoms with Gasteiger partial charge >= 0.3 is 0 Å². The third-order valence-electron chi connectivity index (χ3n) is 1.46. The van der Waals surface area contributed by atoms with Crippen LogP contribution in [0.2, 0.25) is 0 Å². The molecule has 0 unspecified atom stereocenters. The van der Waals surface area contributed by atoms with E-state index in [-0.39, 0.29) is 11.7 Å². The van der Waals surface area contributed by atoms with Crippen molar-refractivity contribution >= 4 is 11.6 Å². The highest BCUT2D eigenvalue weighted by molar-refractivity contribution is 5.90. The zero-order chi connectivity index (χ0) is 9.14. The number of aryl methyl sites for hydroxylation is 1. The first-order valence-corrected chi connectivity index (χ1v) is 3.67. The second-order valence-corrected chi connectivity index (χ2v) is 2.70. The zero-order valence-corrected chi connectivity index (χ0v) is 7.09. The van der Waals surface area contributed by atoms with Gasteiger partial charge in [0.1, 0.15) is 5.75 Å². The smallest absolute Gasteiger partial charge is 0.221 e. The van der Waals surface area contributed by atoms with E-state index in [0.29, 0.717) is 5.69 Å². The molecule has 64 valence electrons. The van der Waals surface area contributed by atoms with Gasteiger partial charge in [0, 0.05) is 6.92 Å². The fourth-order valence-electron chi connectivity index (χ4n) is 0.937. The Balaban J connectivity index is 2.93. The molecule has 0 atom stereocenters. The summed E-state index contributed by atoms with van der Waals surface area (Å²) in [6.45, 7) is 3.27. The number of rotatable bonds is 1. The molecule has 0 fully saturated rings. The minimum atomic E-state index is -0.186. The first-order valence-electron chi connectivity index (χ1n) is 3.67. The van der Waals surface area contributed by atoms with Gasteiger partial charge in [-0.3, -0.25) is 4.79 Å². The number of nitrogens with one attached hydrogen (secondary N) is 1. The van der Waals surface area contributed by atoms with E-state index in [1.165, 1.54) is 6.92 Å². The van der Waals surface area contributed by atoms with Crippen molar-refractivity contribution in [1.82, 2.24) is 0 Å². The van der Waals surface area contributed by atoms with Gasteiger partial charge in [-0.15, -0.1) is 0 Å². The minimum Gasteiger partial charge on any atom is -0.506 e. The van der Waals surface area contributed by atoms with Crippen LogP contribution in [0.15, 0.2) is 18.2 Å². The van der Waals surface area contributed by atoms with Crippen molar-refractivity contribution in [2.75, 3.05) is 5.32 Å². The third kappa shape index (κ3) is 1.99. The Labute approximate surface area is 71.0 Å². The number of carbonyl (C=O) groups is 1. The fraction of sp³-hybridized carbons (Fsp3) is 0.222. The van der Waals surface area contributed by atoms with E-state index in [4.69, 9.17) is 0 Å². The van der Waals surface area contributed by atoms with Crippen molar-refractivity contribution in [3.63, 3.8) is 0 Å². The number of hydrogen-bond acceptors (Lipinski definition) is 2. The molecule has 1 rings (SSSR count). The van der Waals surface area contributed by atoms with Gasteiger partial charge in [0.05, 0.1) is 5.69 Å². The summed E-state index contributed by atoms with van der Waals surface area (Å²) in [6, 6.07) is 5.10. The van der Waals surface area contributed by atoms with Crippen molar-refractivity contribution in [1.29, 1.82) is 0 Å². The molecule has 2 N–H and O–H groups in total. The van der Waals surface area contributed by atoms with Crippen LogP contribution >= 0.6 is 0 Å². The first-order chi connectivity index (χ1) is 5.59. The number of hydrogen-bond donors (Lipinski definition) is 2. The molecular weight excluding hydrogens is 154 g/mol. The average Bonchev–Trinajstić information content (AvgIpc) is 1.94. The number of amides is 1. The predicted molar refractivity (Wildman–Crippen MR) is 47.1 cm³/mol. The molecule has 0 heterocycles. The summed E-state index contributed by atoms with van der Waals surface area (Å²) in [5, 5.41) is 11.8. The van der Waals surface area contributed by atoms with Crippen LogP contribution in [0.5, 0.6) is 5.75 Å². The molecule has 3 heteroatoms. The lowest BCUT2D eigenvalue weighted by Gasteiger charge is -2.04. The Kier molecular flexibility index (Phi) is 2.33. The van der Waals surface area contributed by atoms with Crippen LogP contribution in [0.1, 0.15) is 12.5 Å². The summed E-state index contributed by atoms with van der Waals surface area (Å²) in [6.07, 6.45) is 0. The lowest BCUT2D eigenvalue weighted by atomic mass is 10.2. The second-order valence-electron chi connectivity index (χ2n) is 2.70. The first kappa shape index (κ1) is 8.59. The largest absolute Gasteiger partial charge is 0.506 e. The highest BCUT2D eigenvalue weighted by Gasteiger charge is 2.01. The van der Waals surface area contributed by atoms with Crippen LogP contribution in [0.4, 0.5) is 5.69 Å². The molecular formula is C9H11NO2. The molecule has 0 aromatic heterocycles. The van der Waals surface area contributed by atoms with E-state index in [1.54, 1.807) is 12.1 Å². The van der Waals surface area contributed by atoms with E-state index in [0.717, 1.165) is 5.56 Å². The van der Waals surface area contributed by atoms with Crippen molar-refractivity contribution in [3.05, 3.63) is 23.8 Å². The van der Waals surface area contributed by atoms with Crippen LogP contribution in [0.3, 0.4) is 0 Å². The van der Waals surface area contributed by atoms with Gasteiger partial charge in [-0.2, -0.15) is 0 Å². The monoisotopic (exact) mass is 165 g/mol. The van der Waals surface area contributed by atoms with E-state index in [9.17, 15) is 9.90 Å². The van der Waals surface area contributed by atoms with Gasteiger partial charge < -0.3 is 10.4 Å². The van der Waals surface area contributed by atoms with Gasteiger partial charge in [-0.25, -0.2) is 0 Å². The van der Waals surface area contributed by atoms with Gasteiger partial charge in [0.2, 0.25) is 5.91 Å². The SMILES string of the molecule is CC(=O)Nc1ccc(C)cc1O. The summed E-state index contributed by atoms with van der Waals surface area (Å²) in [7, 11) is 0. The molecule has 0 bridgehead atoms. The van der Waals surface area contributed by atoms with Crippen LogP contribution in [-0.4, -0.2) is 11.0 Å². The Hall–Kier alpha value is -1.51. The maximum atomic E-state index is 10.6. The summed E-state index contributed by atoms with van der Waals surface area (Å²) in [4.78, 5) is 10.6. The highest BCUT2D eigenvalue weighted by Crippen LogP contribution is 2.23. The highest BCUT2D eigenvalue weighted by atomic mass is 16.3. The second kappa shape index (κ2) is 3.26. The van der Waals surface area contributed by atoms with Crippen LogP contribution in [-0.2, 0) is 4.79 Å². The van der Waals surface area contributed by atoms with E-state index in [1.807, 2.05) is 13.0 Å². The molecule has 0 aliphatic carbocycles. The van der Waals surface area contributed by atoms with Crippen LogP contribution in [0.25, 0.3) is 0 Å². The summed E-state index contributed by atoms with van der Waals surface area (Å²) in [5.74, 6) is -0.0839. The number of phenols is 1. The molecule has 3 nitrogen and oxygen atoms in total. The average molecular weight is 165 g/mol. The third-order valence-corrected chi connectivity index (χ3v) is 1.46. The van der Waals surface area contributed by atoms with E-state index >= 15 is 0 Å². The minimum absolute atomic E-state index is 0.102. The number of phenolic OH excluding ortho intramolecular Hbond substituents is 1.